The minimum absolute atomic E-state index is 0.0166. The van der Waals surface area contributed by atoms with Gasteiger partial charge in [-0.25, -0.2) is 4.79 Å². The van der Waals surface area contributed by atoms with Crippen LogP contribution in [0.5, 0.6) is 0 Å². The summed E-state index contributed by atoms with van der Waals surface area (Å²) in [5.74, 6) is 0.595. The highest BCUT2D eigenvalue weighted by Crippen LogP contribution is 2.23. The molecule has 3 rings (SSSR count). The molecule has 5 heteroatoms. The van der Waals surface area contributed by atoms with E-state index in [0.717, 1.165) is 38.3 Å². The largest absolute Gasteiger partial charge is 0.372 e. The predicted octanol–water partition coefficient (Wildman–Crippen LogP) is 3.56. The molecule has 24 heavy (non-hydrogen) atoms. The van der Waals surface area contributed by atoms with Crippen molar-refractivity contribution in [1.29, 1.82) is 0 Å². The van der Waals surface area contributed by atoms with E-state index in [9.17, 15) is 4.79 Å². The van der Waals surface area contributed by atoms with Crippen LogP contribution in [0.4, 0.5) is 16.2 Å². The highest BCUT2D eigenvalue weighted by Gasteiger charge is 2.23. The molecule has 2 aliphatic rings. The summed E-state index contributed by atoms with van der Waals surface area (Å²) in [4.78, 5) is 16.6. The number of ether oxygens (including phenoxy) is 1. The summed E-state index contributed by atoms with van der Waals surface area (Å²) in [6.07, 6.45) is 2.80. The zero-order valence-electron chi connectivity index (χ0n) is 15.0. The number of nitrogens with zero attached hydrogens (tertiary/aromatic N) is 2. The van der Waals surface area contributed by atoms with Gasteiger partial charge in [0.05, 0.1) is 12.2 Å². The lowest BCUT2D eigenvalue weighted by Gasteiger charge is -2.37. The van der Waals surface area contributed by atoms with Crippen LogP contribution in [0.2, 0.25) is 0 Å². The fourth-order valence-corrected chi connectivity index (χ4v) is 3.72. The second-order valence-electron chi connectivity index (χ2n) is 7.33. The molecule has 2 amide bonds. The van der Waals surface area contributed by atoms with E-state index in [1.165, 1.54) is 12.1 Å². The molecule has 0 radical (unpaired) electrons. The van der Waals surface area contributed by atoms with Gasteiger partial charge in [-0.3, -0.25) is 0 Å². The lowest BCUT2D eigenvalue weighted by Crippen LogP contribution is -2.45. The molecule has 0 bridgehead atoms. The van der Waals surface area contributed by atoms with E-state index in [0.29, 0.717) is 5.92 Å². The van der Waals surface area contributed by atoms with E-state index in [2.05, 4.69) is 43.1 Å². The maximum atomic E-state index is 12.4. The Morgan fingerprint density at radius 3 is 2.38 bits per heavy atom. The zero-order valence-corrected chi connectivity index (χ0v) is 15.0. The molecule has 0 saturated carbocycles. The molecule has 1 aromatic carbocycles. The fraction of sp³-hybridized carbons (Fsp3) is 0.632. The second kappa shape index (κ2) is 7.43. The fourth-order valence-electron chi connectivity index (χ4n) is 3.72. The van der Waals surface area contributed by atoms with Gasteiger partial charge >= 0.3 is 6.03 Å². The smallest absolute Gasteiger partial charge is 0.321 e. The van der Waals surface area contributed by atoms with Crippen molar-refractivity contribution in [2.45, 2.75) is 45.8 Å². The van der Waals surface area contributed by atoms with Gasteiger partial charge in [-0.1, -0.05) is 6.92 Å². The van der Waals surface area contributed by atoms with Crippen LogP contribution >= 0.6 is 0 Å². The Balaban J connectivity index is 1.59. The first kappa shape index (κ1) is 17.1. The first-order chi connectivity index (χ1) is 11.5. The Bertz CT molecular complexity index is 550. The van der Waals surface area contributed by atoms with Crippen molar-refractivity contribution in [3.8, 4) is 0 Å². The van der Waals surface area contributed by atoms with Crippen LogP contribution in [0.15, 0.2) is 24.3 Å². The average molecular weight is 331 g/mol. The monoisotopic (exact) mass is 331 g/mol. The third-order valence-electron chi connectivity index (χ3n) is 4.85. The quantitative estimate of drug-likeness (QED) is 0.901. The zero-order chi connectivity index (χ0) is 17.1. The standard InChI is InChI=1S/C19H29N3O2/c1-14-5-4-10-21(11-14)19(23)20-17-6-8-18(9-7-17)22-12-15(2)24-16(3)13-22/h6-9,14-16H,4-5,10-13H2,1-3H3,(H,20,23). The number of benzene rings is 1. The number of morpholine rings is 1. The van der Waals surface area contributed by atoms with Gasteiger partial charge < -0.3 is 19.9 Å². The molecule has 2 saturated heterocycles. The predicted molar refractivity (Wildman–Crippen MR) is 97.7 cm³/mol. The summed E-state index contributed by atoms with van der Waals surface area (Å²) in [7, 11) is 0. The molecule has 0 aromatic heterocycles. The number of piperidine rings is 1. The lowest BCUT2D eigenvalue weighted by atomic mass is 10.0. The van der Waals surface area contributed by atoms with Crippen molar-refractivity contribution in [2.24, 2.45) is 5.92 Å². The number of hydrogen-bond acceptors (Lipinski definition) is 3. The van der Waals surface area contributed by atoms with E-state index in [1.807, 2.05) is 17.0 Å². The van der Waals surface area contributed by atoms with Gasteiger partial charge in [0.1, 0.15) is 0 Å². The van der Waals surface area contributed by atoms with Crippen molar-refractivity contribution in [3.63, 3.8) is 0 Å². The molecule has 2 heterocycles. The Labute approximate surface area is 145 Å². The number of hydrogen-bond donors (Lipinski definition) is 1. The van der Waals surface area contributed by atoms with Crippen molar-refractivity contribution in [3.05, 3.63) is 24.3 Å². The number of nitrogens with one attached hydrogen (secondary N) is 1. The molecule has 2 aliphatic heterocycles. The van der Waals surface area contributed by atoms with Gasteiger partial charge in [0.15, 0.2) is 0 Å². The van der Waals surface area contributed by atoms with Gasteiger partial charge in [-0.2, -0.15) is 0 Å². The van der Waals surface area contributed by atoms with Crippen LogP contribution in [0.3, 0.4) is 0 Å². The van der Waals surface area contributed by atoms with E-state index in [4.69, 9.17) is 4.74 Å². The van der Waals surface area contributed by atoms with Crippen LogP contribution in [0, 0.1) is 5.92 Å². The summed E-state index contributed by atoms with van der Waals surface area (Å²) in [6.45, 7) is 9.95. The Morgan fingerprint density at radius 1 is 1.08 bits per heavy atom. The Hall–Kier alpha value is -1.75. The third kappa shape index (κ3) is 4.20. The molecule has 1 aromatic rings. The van der Waals surface area contributed by atoms with E-state index in [-0.39, 0.29) is 18.2 Å². The maximum absolute atomic E-state index is 12.4. The van der Waals surface area contributed by atoms with E-state index in [1.54, 1.807) is 0 Å². The van der Waals surface area contributed by atoms with Crippen LogP contribution in [-0.4, -0.2) is 49.3 Å². The van der Waals surface area contributed by atoms with Gasteiger partial charge in [-0.05, 0) is 56.9 Å². The number of anilines is 2. The first-order valence-corrected chi connectivity index (χ1v) is 9.07. The molecule has 2 fully saturated rings. The molecular formula is C19H29N3O2. The number of likely N-dealkylation sites (tertiary alicyclic amines) is 1. The van der Waals surface area contributed by atoms with Crippen molar-refractivity contribution < 1.29 is 9.53 Å². The number of carbonyl (C=O) groups excluding carboxylic acids is 1. The summed E-state index contributed by atoms with van der Waals surface area (Å²) >= 11 is 0. The van der Waals surface area contributed by atoms with E-state index >= 15 is 0 Å². The van der Waals surface area contributed by atoms with Crippen LogP contribution in [-0.2, 0) is 4.74 Å². The highest BCUT2D eigenvalue weighted by molar-refractivity contribution is 5.89. The summed E-state index contributed by atoms with van der Waals surface area (Å²) in [5, 5.41) is 3.02. The summed E-state index contributed by atoms with van der Waals surface area (Å²) in [6, 6.07) is 8.16. The molecular weight excluding hydrogens is 302 g/mol. The van der Waals surface area contributed by atoms with Gasteiger partial charge in [0.2, 0.25) is 0 Å². The molecule has 0 spiro atoms. The van der Waals surface area contributed by atoms with Crippen LogP contribution in [0.25, 0.3) is 0 Å². The average Bonchev–Trinajstić information content (AvgIpc) is 2.54. The molecule has 1 N–H and O–H groups in total. The van der Waals surface area contributed by atoms with Crippen LogP contribution < -0.4 is 10.2 Å². The highest BCUT2D eigenvalue weighted by atomic mass is 16.5. The summed E-state index contributed by atoms with van der Waals surface area (Å²) in [5.41, 5.74) is 2.04. The Morgan fingerprint density at radius 2 is 1.75 bits per heavy atom. The van der Waals surface area contributed by atoms with Gasteiger partial charge in [0, 0.05) is 37.6 Å². The number of urea groups is 1. The third-order valence-corrected chi connectivity index (χ3v) is 4.85. The molecule has 0 aliphatic carbocycles. The summed E-state index contributed by atoms with van der Waals surface area (Å²) < 4.78 is 5.79. The van der Waals surface area contributed by atoms with E-state index < -0.39 is 0 Å². The number of rotatable bonds is 2. The number of amides is 2. The Kier molecular flexibility index (Phi) is 5.29. The van der Waals surface area contributed by atoms with Crippen molar-refractivity contribution in [1.82, 2.24) is 4.90 Å². The molecule has 3 atom stereocenters. The SMILES string of the molecule is CC1CCCN(C(=O)Nc2ccc(N3CC(C)OC(C)C3)cc2)C1. The molecule has 3 unspecified atom stereocenters. The number of carbonyl (C=O) groups is 1. The molecule has 132 valence electrons. The lowest BCUT2D eigenvalue weighted by molar-refractivity contribution is -0.00521. The van der Waals surface area contributed by atoms with Gasteiger partial charge in [-0.15, -0.1) is 0 Å². The topological polar surface area (TPSA) is 44.8 Å². The van der Waals surface area contributed by atoms with Crippen molar-refractivity contribution in [2.75, 3.05) is 36.4 Å². The molecule has 5 nitrogen and oxygen atoms in total. The van der Waals surface area contributed by atoms with Crippen LogP contribution in [0.1, 0.15) is 33.6 Å². The van der Waals surface area contributed by atoms with Gasteiger partial charge in [0.25, 0.3) is 0 Å². The first-order valence-electron chi connectivity index (χ1n) is 9.07. The normalized spacial score (nSPS) is 27.9. The second-order valence-corrected chi connectivity index (χ2v) is 7.33. The van der Waals surface area contributed by atoms with Crippen molar-refractivity contribution >= 4 is 17.4 Å². The minimum Gasteiger partial charge on any atom is -0.372 e. The maximum Gasteiger partial charge on any atom is 0.321 e. The minimum atomic E-state index is 0.0166.